The molecule has 3 rings (SSSR count). The van der Waals surface area contributed by atoms with Crippen molar-refractivity contribution in [1.82, 2.24) is 14.4 Å². The van der Waals surface area contributed by atoms with Gasteiger partial charge in [-0.2, -0.15) is 26.3 Å². The molecule has 2 aromatic rings. The van der Waals surface area contributed by atoms with Gasteiger partial charge in [0.2, 0.25) is 0 Å². The van der Waals surface area contributed by atoms with Crippen LogP contribution in [0.4, 0.5) is 30.7 Å². The number of fused-ring (bicyclic) bond motifs is 1. The Morgan fingerprint density at radius 1 is 1.09 bits per heavy atom. The molecule has 0 amide bonds. The Hall–Kier alpha value is -2.42. The van der Waals surface area contributed by atoms with Crippen molar-refractivity contribution in [1.29, 1.82) is 0 Å². The number of aliphatic hydroxyl groups excluding tert-OH is 1. The number of halogens is 8. The number of aliphatic imine (C=N–C) groups is 1. The Morgan fingerprint density at radius 2 is 1.70 bits per heavy atom. The summed E-state index contributed by atoms with van der Waals surface area (Å²) in [6, 6.07) is 2.47. The summed E-state index contributed by atoms with van der Waals surface area (Å²) >= 11 is 3.14. The van der Waals surface area contributed by atoms with E-state index in [2.05, 4.69) is 27.5 Å². The number of hydrogen-bond donors (Lipinski definition) is 1. The van der Waals surface area contributed by atoms with Gasteiger partial charge in [0, 0.05) is 62.9 Å². The third kappa shape index (κ3) is 9.53. The molecule has 1 aliphatic rings. The SMILES string of the molecule is C=C(C=N/C(=C/c1c(CC(C)(C)CO)c2cc(Br)c(F)cc2n1CC(F)(F)F)[C@H](C)OC)N1CCN(CC(F)(F)F)CC1. The van der Waals surface area contributed by atoms with Crippen LogP contribution in [0.3, 0.4) is 0 Å². The average molecular weight is 686 g/mol. The lowest BCUT2D eigenvalue weighted by molar-refractivity contribution is -0.148. The van der Waals surface area contributed by atoms with Crippen LogP contribution >= 0.6 is 15.9 Å². The Bertz CT molecular complexity index is 1360. The lowest BCUT2D eigenvalue weighted by Crippen LogP contribution is -2.48. The first-order valence-electron chi connectivity index (χ1n) is 13.5. The number of aliphatic hydroxyl groups is 1. The first-order valence-corrected chi connectivity index (χ1v) is 14.3. The molecule has 0 spiro atoms. The number of allylic oxidation sites excluding steroid dienone is 1. The zero-order valence-electron chi connectivity index (χ0n) is 24.4. The van der Waals surface area contributed by atoms with Gasteiger partial charge in [0.25, 0.3) is 0 Å². The third-order valence-electron chi connectivity index (χ3n) is 7.27. The van der Waals surface area contributed by atoms with Gasteiger partial charge in [-0.25, -0.2) is 4.39 Å². The van der Waals surface area contributed by atoms with E-state index < -0.39 is 42.8 Å². The van der Waals surface area contributed by atoms with Crippen molar-refractivity contribution < 1.29 is 40.6 Å². The van der Waals surface area contributed by atoms with Gasteiger partial charge in [-0.15, -0.1) is 0 Å². The van der Waals surface area contributed by atoms with Gasteiger partial charge >= 0.3 is 12.4 Å². The number of ether oxygens (including phenoxy) is 1. The van der Waals surface area contributed by atoms with Gasteiger partial charge in [-0.05, 0) is 58.5 Å². The van der Waals surface area contributed by atoms with Crippen molar-refractivity contribution in [3.63, 3.8) is 0 Å². The normalized spacial score (nSPS) is 17.0. The highest BCUT2D eigenvalue weighted by molar-refractivity contribution is 9.10. The van der Waals surface area contributed by atoms with Crippen LogP contribution in [0.15, 0.2) is 39.6 Å². The fourth-order valence-corrected chi connectivity index (χ4v) is 5.21. The van der Waals surface area contributed by atoms with Crippen molar-refractivity contribution in [3.8, 4) is 0 Å². The zero-order chi connectivity index (χ0) is 32.3. The summed E-state index contributed by atoms with van der Waals surface area (Å²) in [5, 5.41) is 10.4. The summed E-state index contributed by atoms with van der Waals surface area (Å²) in [7, 11) is 1.41. The molecule has 1 atom stereocenters. The molecule has 1 aliphatic heterocycles. The predicted molar refractivity (Wildman–Crippen MR) is 156 cm³/mol. The largest absolute Gasteiger partial charge is 0.406 e. The van der Waals surface area contributed by atoms with Gasteiger partial charge in [0.05, 0.1) is 28.3 Å². The van der Waals surface area contributed by atoms with Crippen molar-refractivity contribution in [2.24, 2.45) is 10.4 Å². The monoisotopic (exact) mass is 684 g/mol. The molecule has 0 unspecified atom stereocenters. The van der Waals surface area contributed by atoms with Crippen molar-refractivity contribution in [2.75, 3.05) is 46.4 Å². The van der Waals surface area contributed by atoms with Crippen LogP contribution in [0, 0.1) is 11.2 Å². The molecule has 1 aromatic carbocycles. The maximum absolute atomic E-state index is 14.6. The van der Waals surface area contributed by atoms with E-state index in [-0.39, 0.29) is 47.5 Å². The standard InChI is InChI=1S/C29H36BrF7N4O2/c1-18(40-8-6-39(7-9-40)15-28(32,33)34)14-38-24(19(2)43-5)12-26-21(13-27(3,4)17-42)20-10-22(30)23(31)11-25(20)41(26)16-29(35,36)37/h10-12,14,19,42H,1,6-9,13,15-17H2,2-5H3/b24-12+,38-14?/t19-/m0/s1. The summed E-state index contributed by atoms with van der Waals surface area (Å²) in [5.41, 5.74) is 0.572. The molecule has 6 nitrogen and oxygen atoms in total. The van der Waals surface area contributed by atoms with E-state index in [1.54, 1.807) is 25.7 Å². The number of rotatable bonds is 11. The Morgan fingerprint density at radius 3 is 2.23 bits per heavy atom. The molecule has 0 radical (unpaired) electrons. The summed E-state index contributed by atoms with van der Waals surface area (Å²) in [5.74, 6) is -0.730. The average Bonchev–Trinajstić information content (AvgIpc) is 3.14. The molecule has 1 aromatic heterocycles. The molecule has 43 heavy (non-hydrogen) atoms. The second kappa shape index (κ2) is 13.7. The topological polar surface area (TPSA) is 53.2 Å². The first-order chi connectivity index (χ1) is 19.8. The number of nitrogens with zero attached hydrogens (tertiary/aromatic N) is 4. The Labute approximate surface area is 254 Å². The van der Waals surface area contributed by atoms with Crippen LogP contribution < -0.4 is 0 Å². The molecule has 14 heteroatoms. The summed E-state index contributed by atoms with van der Waals surface area (Å²) in [6.45, 7) is 7.46. The third-order valence-corrected chi connectivity index (χ3v) is 7.88. The molecule has 0 bridgehead atoms. The predicted octanol–water partition coefficient (Wildman–Crippen LogP) is 6.81. The van der Waals surface area contributed by atoms with Crippen molar-refractivity contribution in [2.45, 2.75) is 52.2 Å². The molecular weight excluding hydrogens is 649 g/mol. The van der Waals surface area contributed by atoms with Crippen LogP contribution in [-0.4, -0.2) is 90.6 Å². The second-order valence-electron chi connectivity index (χ2n) is 11.4. The van der Waals surface area contributed by atoms with E-state index in [0.29, 0.717) is 29.7 Å². The molecule has 1 N–H and O–H groups in total. The Kier molecular flexibility index (Phi) is 11.2. The number of hydrogen-bond acceptors (Lipinski definition) is 5. The van der Waals surface area contributed by atoms with Gasteiger partial charge in [0.1, 0.15) is 12.4 Å². The quantitative estimate of drug-likeness (QED) is 0.209. The molecular formula is C29H36BrF7N4O2. The van der Waals surface area contributed by atoms with Gasteiger partial charge in [-0.3, -0.25) is 9.89 Å². The molecule has 240 valence electrons. The van der Waals surface area contributed by atoms with E-state index in [1.807, 2.05) is 0 Å². The molecule has 1 saturated heterocycles. The maximum atomic E-state index is 14.6. The van der Waals surface area contributed by atoms with Crippen LogP contribution in [0.1, 0.15) is 32.0 Å². The molecule has 2 heterocycles. The van der Waals surface area contributed by atoms with E-state index >= 15 is 0 Å². The van der Waals surface area contributed by atoms with Crippen LogP contribution in [0.25, 0.3) is 17.0 Å². The zero-order valence-corrected chi connectivity index (χ0v) is 26.0. The minimum atomic E-state index is -4.64. The highest BCUT2D eigenvalue weighted by Gasteiger charge is 2.34. The lowest BCUT2D eigenvalue weighted by atomic mass is 9.85. The number of methoxy groups -OCH3 is 1. The summed E-state index contributed by atoms with van der Waals surface area (Å²) in [6.07, 6.45) is -6.58. The smallest absolute Gasteiger partial charge is 0.396 e. The summed E-state index contributed by atoms with van der Waals surface area (Å²) < 4.78 is 101. The second-order valence-corrected chi connectivity index (χ2v) is 12.3. The van der Waals surface area contributed by atoms with Crippen molar-refractivity contribution in [3.05, 3.63) is 51.7 Å². The van der Waals surface area contributed by atoms with Gasteiger partial charge < -0.3 is 19.3 Å². The first kappa shape index (κ1) is 35.1. The maximum Gasteiger partial charge on any atom is 0.406 e. The van der Waals surface area contributed by atoms with E-state index in [1.165, 1.54) is 30.4 Å². The number of piperazine rings is 1. The molecule has 0 saturated carbocycles. The van der Waals surface area contributed by atoms with Crippen LogP contribution in [0.5, 0.6) is 0 Å². The van der Waals surface area contributed by atoms with E-state index in [0.717, 1.165) is 10.6 Å². The van der Waals surface area contributed by atoms with E-state index in [4.69, 9.17) is 4.74 Å². The highest BCUT2D eigenvalue weighted by Crippen LogP contribution is 2.38. The number of benzene rings is 1. The minimum absolute atomic E-state index is 0.0301. The molecule has 0 aliphatic carbocycles. The Balaban J connectivity index is 2.09. The fourth-order valence-electron chi connectivity index (χ4n) is 4.86. The van der Waals surface area contributed by atoms with E-state index in [9.17, 15) is 35.8 Å². The number of aromatic nitrogens is 1. The molecule has 1 fully saturated rings. The number of alkyl halides is 6. The highest BCUT2D eigenvalue weighted by atomic mass is 79.9. The van der Waals surface area contributed by atoms with Crippen molar-refractivity contribution >= 4 is 39.1 Å². The van der Waals surface area contributed by atoms with Crippen LogP contribution in [0.2, 0.25) is 0 Å². The fraction of sp³-hybridized carbons (Fsp3) is 0.552. The lowest BCUT2D eigenvalue weighted by Gasteiger charge is -2.36. The van der Waals surface area contributed by atoms with Crippen LogP contribution in [-0.2, 0) is 17.7 Å². The van der Waals surface area contributed by atoms with Gasteiger partial charge in [0.15, 0.2) is 0 Å². The van der Waals surface area contributed by atoms with Gasteiger partial charge in [-0.1, -0.05) is 20.4 Å². The summed E-state index contributed by atoms with van der Waals surface area (Å²) in [4.78, 5) is 7.57. The minimum Gasteiger partial charge on any atom is -0.396 e.